The lowest BCUT2D eigenvalue weighted by Gasteiger charge is -2.05. The molecule has 24 heavy (non-hydrogen) atoms. The predicted octanol–water partition coefficient (Wildman–Crippen LogP) is 5.22. The maximum atomic E-state index is 11.9. The molecule has 3 aromatic rings. The van der Waals surface area contributed by atoms with E-state index >= 15 is 0 Å². The lowest BCUT2D eigenvalue weighted by atomic mass is 10.1. The monoisotopic (exact) mass is 334 g/mol. The van der Waals surface area contributed by atoms with E-state index in [1.807, 2.05) is 42.5 Å². The second-order valence-corrected chi connectivity index (χ2v) is 7.04. The first-order valence-electron chi connectivity index (χ1n) is 8.19. The molecular formula is C20H18N2OS. The van der Waals surface area contributed by atoms with Gasteiger partial charge in [0.1, 0.15) is 5.01 Å². The Morgan fingerprint density at radius 2 is 1.79 bits per heavy atom. The molecule has 120 valence electrons. The van der Waals surface area contributed by atoms with Crippen LogP contribution in [0.1, 0.15) is 19.3 Å². The molecule has 1 aliphatic rings. The van der Waals surface area contributed by atoms with Gasteiger partial charge >= 0.3 is 0 Å². The number of hydrogen-bond donors (Lipinski definition) is 1. The van der Waals surface area contributed by atoms with Gasteiger partial charge < -0.3 is 5.32 Å². The van der Waals surface area contributed by atoms with E-state index < -0.39 is 0 Å². The maximum Gasteiger partial charge on any atom is 0.224 e. The third-order valence-electron chi connectivity index (χ3n) is 4.16. The van der Waals surface area contributed by atoms with Crippen molar-refractivity contribution in [1.29, 1.82) is 0 Å². The Hall–Kier alpha value is -2.46. The Kier molecular flexibility index (Phi) is 4.13. The maximum absolute atomic E-state index is 11.9. The molecule has 0 unspecified atom stereocenters. The van der Waals surface area contributed by atoms with E-state index in [1.54, 1.807) is 11.3 Å². The molecule has 0 atom stereocenters. The molecule has 0 saturated heterocycles. The van der Waals surface area contributed by atoms with E-state index in [4.69, 9.17) is 4.98 Å². The van der Waals surface area contributed by atoms with Gasteiger partial charge in [0.05, 0.1) is 5.69 Å². The Balaban J connectivity index is 1.46. The van der Waals surface area contributed by atoms with Gasteiger partial charge in [-0.3, -0.25) is 4.79 Å². The summed E-state index contributed by atoms with van der Waals surface area (Å²) in [6.45, 7) is 0. The van der Waals surface area contributed by atoms with Crippen LogP contribution in [0.5, 0.6) is 0 Å². The molecule has 0 aliphatic heterocycles. The van der Waals surface area contributed by atoms with Gasteiger partial charge in [0.15, 0.2) is 0 Å². The van der Waals surface area contributed by atoms with Crippen LogP contribution in [-0.4, -0.2) is 10.9 Å². The topological polar surface area (TPSA) is 42.0 Å². The van der Waals surface area contributed by atoms with E-state index in [9.17, 15) is 4.79 Å². The van der Waals surface area contributed by atoms with Gasteiger partial charge in [-0.2, -0.15) is 0 Å². The van der Waals surface area contributed by atoms with Crippen molar-refractivity contribution in [1.82, 2.24) is 4.98 Å². The van der Waals surface area contributed by atoms with Crippen LogP contribution in [0.2, 0.25) is 0 Å². The molecule has 4 rings (SSSR count). The Morgan fingerprint density at radius 1 is 1.04 bits per heavy atom. The van der Waals surface area contributed by atoms with Crippen molar-refractivity contribution in [2.45, 2.75) is 19.3 Å². The number of carbonyl (C=O) groups excluding carboxylic acids is 1. The van der Waals surface area contributed by atoms with Crippen LogP contribution in [-0.2, 0) is 4.79 Å². The second-order valence-electron chi connectivity index (χ2n) is 6.18. The number of hydrogen-bond acceptors (Lipinski definition) is 3. The summed E-state index contributed by atoms with van der Waals surface area (Å²) >= 11 is 1.65. The summed E-state index contributed by atoms with van der Waals surface area (Å²) in [6, 6.07) is 18.1. The lowest BCUT2D eigenvalue weighted by Crippen LogP contribution is -2.11. The van der Waals surface area contributed by atoms with E-state index in [0.717, 1.165) is 27.5 Å². The third-order valence-corrected chi connectivity index (χ3v) is 5.05. The zero-order valence-corrected chi connectivity index (χ0v) is 14.1. The number of nitrogens with one attached hydrogen (secondary N) is 1. The highest BCUT2D eigenvalue weighted by molar-refractivity contribution is 7.13. The van der Waals surface area contributed by atoms with Gasteiger partial charge in [-0.1, -0.05) is 42.5 Å². The third kappa shape index (κ3) is 3.54. The molecule has 1 heterocycles. The highest BCUT2D eigenvalue weighted by atomic mass is 32.1. The zero-order chi connectivity index (χ0) is 16.4. The van der Waals surface area contributed by atoms with Crippen LogP contribution in [0, 0.1) is 5.92 Å². The average Bonchev–Trinajstić information content (AvgIpc) is 3.28. The molecule has 1 saturated carbocycles. The van der Waals surface area contributed by atoms with E-state index in [2.05, 4.69) is 22.8 Å². The smallest absolute Gasteiger partial charge is 0.224 e. The minimum atomic E-state index is 0.116. The highest BCUT2D eigenvalue weighted by Gasteiger charge is 2.24. The number of aromatic nitrogens is 1. The average molecular weight is 334 g/mol. The summed E-state index contributed by atoms with van der Waals surface area (Å²) < 4.78 is 0. The molecule has 1 N–H and O–H groups in total. The van der Waals surface area contributed by atoms with Gasteiger partial charge in [0.25, 0.3) is 0 Å². The SMILES string of the molecule is O=C(CC1CC1)Nc1ccc(-c2csc(-c3ccccc3)n2)cc1. The quantitative estimate of drug-likeness (QED) is 0.695. The van der Waals surface area contributed by atoms with Gasteiger partial charge in [-0.05, 0) is 30.9 Å². The molecule has 1 aromatic heterocycles. The Labute approximate surface area is 145 Å². The number of amides is 1. The summed E-state index contributed by atoms with van der Waals surface area (Å²) in [7, 11) is 0. The standard InChI is InChI=1S/C20H18N2OS/c23-19(12-14-6-7-14)21-17-10-8-15(9-11-17)18-13-24-20(22-18)16-4-2-1-3-5-16/h1-5,8-11,13-14H,6-7,12H2,(H,21,23). The molecule has 0 spiro atoms. The van der Waals surface area contributed by atoms with Crippen molar-refractivity contribution in [2.75, 3.05) is 5.32 Å². The molecule has 3 nitrogen and oxygen atoms in total. The molecule has 0 bridgehead atoms. The van der Waals surface area contributed by atoms with E-state index in [1.165, 1.54) is 12.8 Å². The van der Waals surface area contributed by atoms with E-state index in [0.29, 0.717) is 12.3 Å². The van der Waals surface area contributed by atoms with Crippen molar-refractivity contribution in [3.05, 3.63) is 60.0 Å². The van der Waals surface area contributed by atoms with Gasteiger partial charge in [0.2, 0.25) is 5.91 Å². The van der Waals surface area contributed by atoms with Gasteiger partial charge in [-0.15, -0.1) is 11.3 Å². The number of thiazole rings is 1. The number of nitrogens with zero attached hydrogens (tertiary/aromatic N) is 1. The van der Waals surface area contributed by atoms with Crippen molar-refractivity contribution < 1.29 is 4.79 Å². The summed E-state index contributed by atoms with van der Waals surface area (Å²) in [5.74, 6) is 0.723. The molecule has 1 fully saturated rings. The first-order valence-corrected chi connectivity index (χ1v) is 9.07. The van der Waals surface area contributed by atoms with Crippen LogP contribution < -0.4 is 5.32 Å². The molecule has 0 radical (unpaired) electrons. The summed E-state index contributed by atoms with van der Waals surface area (Å²) in [4.78, 5) is 16.6. The van der Waals surface area contributed by atoms with Crippen LogP contribution in [0.4, 0.5) is 5.69 Å². The van der Waals surface area contributed by atoms with Crippen LogP contribution in [0.15, 0.2) is 60.0 Å². The molecular weight excluding hydrogens is 316 g/mol. The fraction of sp³-hybridized carbons (Fsp3) is 0.200. The summed E-state index contributed by atoms with van der Waals surface area (Å²) in [5, 5.41) is 6.06. The molecule has 1 amide bonds. The van der Waals surface area contributed by atoms with Gasteiger partial charge in [0, 0.05) is 28.6 Å². The minimum Gasteiger partial charge on any atom is -0.326 e. The second kappa shape index (κ2) is 6.57. The Bertz CT molecular complexity index is 836. The summed E-state index contributed by atoms with van der Waals surface area (Å²) in [5.41, 5.74) is 4.02. The predicted molar refractivity (Wildman–Crippen MR) is 99.0 cm³/mol. The van der Waals surface area contributed by atoms with Crippen LogP contribution >= 0.6 is 11.3 Å². The van der Waals surface area contributed by atoms with Crippen molar-refractivity contribution >= 4 is 22.9 Å². The minimum absolute atomic E-state index is 0.116. The first-order chi connectivity index (χ1) is 11.8. The lowest BCUT2D eigenvalue weighted by molar-refractivity contribution is -0.116. The van der Waals surface area contributed by atoms with Crippen molar-refractivity contribution in [3.63, 3.8) is 0 Å². The van der Waals surface area contributed by atoms with Crippen LogP contribution in [0.25, 0.3) is 21.8 Å². The first kappa shape index (κ1) is 15.1. The largest absolute Gasteiger partial charge is 0.326 e. The normalized spacial score (nSPS) is 13.7. The van der Waals surface area contributed by atoms with Crippen molar-refractivity contribution in [3.8, 4) is 21.8 Å². The zero-order valence-electron chi connectivity index (χ0n) is 13.2. The number of rotatable bonds is 5. The number of benzene rings is 2. The van der Waals surface area contributed by atoms with E-state index in [-0.39, 0.29) is 5.91 Å². The molecule has 1 aliphatic carbocycles. The van der Waals surface area contributed by atoms with Crippen LogP contribution in [0.3, 0.4) is 0 Å². The summed E-state index contributed by atoms with van der Waals surface area (Å²) in [6.07, 6.45) is 3.04. The molecule has 2 aromatic carbocycles. The van der Waals surface area contributed by atoms with Gasteiger partial charge in [-0.25, -0.2) is 4.98 Å². The highest BCUT2D eigenvalue weighted by Crippen LogP contribution is 2.33. The molecule has 4 heteroatoms. The Morgan fingerprint density at radius 3 is 2.50 bits per heavy atom. The number of carbonyl (C=O) groups is 1. The fourth-order valence-electron chi connectivity index (χ4n) is 2.64. The van der Waals surface area contributed by atoms with Crippen molar-refractivity contribution in [2.24, 2.45) is 5.92 Å². The number of anilines is 1. The fourth-order valence-corrected chi connectivity index (χ4v) is 3.48.